The van der Waals surface area contributed by atoms with Crippen molar-refractivity contribution in [3.05, 3.63) is 58.6 Å². The molecule has 39 heavy (non-hydrogen) atoms. The Kier molecular flexibility index (Phi) is 9.50. The summed E-state index contributed by atoms with van der Waals surface area (Å²) >= 11 is 1.48. The van der Waals surface area contributed by atoms with Crippen LogP contribution < -0.4 is 20.3 Å². The Morgan fingerprint density at radius 1 is 1.08 bits per heavy atom. The van der Waals surface area contributed by atoms with Crippen LogP contribution in [0.5, 0.6) is 5.75 Å². The highest BCUT2D eigenvalue weighted by molar-refractivity contribution is 7.14. The number of aromatic nitrogens is 2. The molecule has 2 amide bonds. The van der Waals surface area contributed by atoms with E-state index >= 15 is 0 Å². The maximum absolute atomic E-state index is 13.6. The van der Waals surface area contributed by atoms with E-state index < -0.39 is 0 Å². The van der Waals surface area contributed by atoms with E-state index in [0.29, 0.717) is 43.7 Å². The second kappa shape index (κ2) is 13.0. The fourth-order valence-electron chi connectivity index (χ4n) is 4.45. The summed E-state index contributed by atoms with van der Waals surface area (Å²) in [4.78, 5) is 28.4. The van der Waals surface area contributed by atoms with Gasteiger partial charge in [-0.25, -0.2) is 5.01 Å². The van der Waals surface area contributed by atoms with Crippen LogP contribution in [0, 0.1) is 6.92 Å². The van der Waals surface area contributed by atoms with Gasteiger partial charge in [-0.15, -0.1) is 10.2 Å². The van der Waals surface area contributed by atoms with Crippen LogP contribution in [0.15, 0.2) is 42.5 Å². The molecule has 1 aliphatic rings. The lowest BCUT2D eigenvalue weighted by Gasteiger charge is -2.32. The van der Waals surface area contributed by atoms with Gasteiger partial charge in [-0.3, -0.25) is 14.6 Å². The predicted octanol–water partition coefficient (Wildman–Crippen LogP) is 2.83. The molecule has 1 aromatic heterocycles. The number of hydrazine groups is 1. The lowest BCUT2D eigenvalue weighted by atomic mass is 10.1. The van der Waals surface area contributed by atoms with Gasteiger partial charge in [0.2, 0.25) is 5.91 Å². The summed E-state index contributed by atoms with van der Waals surface area (Å²) in [6, 6.07) is 14.2. The van der Waals surface area contributed by atoms with E-state index in [2.05, 4.69) is 46.8 Å². The lowest BCUT2D eigenvalue weighted by molar-refractivity contribution is -0.145. The van der Waals surface area contributed by atoms with Gasteiger partial charge in [-0.2, -0.15) is 0 Å². The van der Waals surface area contributed by atoms with Gasteiger partial charge in [-0.1, -0.05) is 49.4 Å². The van der Waals surface area contributed by atoms with Crippen molar-refractivity contribution in [3.63, 3.8) is 0 Å². The molecule has 208 valence electrons. The summed E-state index contributed by atoms with van der Waals surface area (Å²) in [6.45, 7) is 8.50. The van der Waals surface area contributed by atoms with Crippen LogP contribution in [-0.4, -0.2) is 78.4 Å². The van der Waals surface area contributed by atoms with Crippen molar-refractivity contribution in [2.45, 2.75) is 39.9 Å². The van der Waals surface area contributed by atoms with Crippen LogP contribution in [0.3, 0.4) is 0 Å². The van der Waals surface area contributed by atoms with Crippen molar-refractivity contribution in [1.82, 2.24) is 30.8 Å². The summed E-state index contributed by atoms with van der Waals surface area (Å²) in [5.74, 6) is 0.262. The molecule has 0 saturated heterocycles. The SMILES string of the molecule is COc1ccc(-c2nnc(C)s2)cc1N(CC(=O)NCCNC(C)C)CC(=O)N(C)N1Cc2ccccc2C1. The quantitative estimate of drug-likeness (QED) is 0.332. The van der Waals surface area contributed by atoms with Crippen molar-refractivity contribution in [3.8, 4) is 16.3 Å². The van der Waals surface area contributed by atoms with E-state index in [1.54, 1.807) is 24.1 Å². The summed E-state index contributed by atoms with van der Waals surface area (Å²) < 4.78 is 5.66. The van der Waals surface area contributed by atoms with E-state index in [9.17, 15) is 9.59 Å². The number of hydrogen-bond acceptors (Lipinski definition) is 9. The van der Waals surface area contributed by atoms with Gasteiger partial charge in [0.25, 0.3) is 5.91 Å². The number of anilines is 1. The Morgan fingerprint density at radius 3 is 2.41 bits per heavy atom. The minimum Gasteiger partial charge on any atom is -0.495 e. The third-order valence-electron chi connectivity index (χ3n) is 6.56. The van der Waals surface area contributed by atoms with Crippen molar-refractivity contribution >= 4 is 28.8 Å². The van der Waals surface area contributed by atoms with Gasteiger partial charge in [0.05, 0.1) is 25.9 Å². The van der Waals surface area contributed by atoms with Crippen molar-refractivity contribution in [1.29, 1.82) is 0 Å². The Bertz CT molecular complexity index is 1270. The molecule has 3 aromatic rings. The minimum atomic E-state index is -0.177. The zero-order chi connectivity index (χ0) is 27.9. The normalized spacial score (nSPS) is 12.9. The first kappa shape index (κ1) is 28.5. The van der Waals surface area contributed by atoms with Gasteiger partial charge in [0.15, 0.2) is 0 Å². The fraction of sp³-hybridized carbons (Fsp3) is 0.429. The molecule has 10 nitrogen and oxygen atoms in total. The second-order valence-corrected chi connectivity index (χ2v) is 11.0. The zero-order valence-corrected chi connectivity index (χ0v) is 24.0. The van der Waals surface area contributed by atoms with E-state index in [1.165, 1.54) is 22.5 Å². The fourth-order valence-corrected chi connectivity index (χ4v) is 5.14. The van der Waals surface area contributed by atoms with E-state index in [1.807, 2.05) is 42.3 Å². The molecular weight excluding hydrogens is 514 g/mol. The molecule has 2 heterocycles. The number of nitrogens with one attached hydrogen (secondary N) is 2. The molecule has 0 fully saturated rings. The number of ether oxygens (including phenoxy) is 1. The first-order chi connectivity index (χ1) is 18.7. The molecule has 0 saturated carbocycles. The number of likely N-dealkylation sites (N-methyl/N-ethyl adjacent to an activating group) is 1. The van der Waals surface area contributed by atoms with Crippen LogP contribution in [0.1, 0.15) is 30.0 Å². The van der Waals surface area contributed by atoms with Gasteiger partial charge < -0.3 is 20.3 Å². The molecule has 4 rings (SSSR count). The zero-order valence-electron chi connectivity index (χ0n) is 23.2. The highest BCUT2D eigenvalue weighted by atomic mass is 32.1. The van der Waals surface area contributed by atoms with Crippen LogP contribution in [0.25, 0.3) is 10.6 Å². The standard InChI is InChI=1S/C28H37N7O3S/c1-19(2)29-12-13-30-26(36)17-34(18-27(37)33(4)35-15-22-8-6-7-9-23(22)16-35)24-14-21(10-11-25(24)38-5)28-32-31-20(3)39-28/h6-11,14,19,29H,12-13,15-18H2,1-5H3,(H,30,36). The number of fused-ring (bicyclic) bond motifs is 1. The molecule has 2 N–H and O–H groups in total. The van der Waals surface area contributed by atoms with Crippen LogP contribution >= 0.6 is 11.3 Å². The third kappa shape index (κ3) is 7.31. The first-order valence-corrected chi connectivity index (χ1v) is 13.9. The molecule has 0 unspecified atom stereocenters. The highest BCUT2D eigenvalue weighted by Crippen LogP contribution is 2.34. The number of rotatable bonds is 12. The van der Waals surface area contributed by atoms with Gasteiger partial charge >= 0.3 is 0 Å². The number of carbonyl (C=O) groups is 2. The average Bonchev–Trinajstić information content (AvgIpc) is 3.56. The summed E-state index contributed by atoms with van der Waals surface area (Å²) in [5, 5.41) is 19.9. The monoisotopic (exact) mass is 551 g/mol. The summed E-state index contributed by atoms with van der Waals surface area (Å²) in [5.41, 5.74) is 3.92. The molecule has 0 radical (unpaired) electrons. The molecule has 0 spiro atoms. The molecule has 11 heteroatoms. The second-order valence-electron chi connectivity index (χ2n) is 9.84. The first-order valence-electron chi connectivity index (χ1n) is 13.1. The molecular formula is C28H37N7O3S. The number of carbonyl (C=O) groups excluding carboxylic acids is 2. The van der Waals surface area contributed by atoms with Crippen molar-refractivity contribution < 1.29 is 14.3 Å². The van der Waals surface area contributed by atoms with Crippen LogP contribution in [0.4, 0.5) is 5.69 Å². The van der Waals surface area contributed by atoms with Gasteiger partial charge in [0.1, 0.15) is 15.8 Å². The van der Waals surface area contributed by atoms with E-state index in [0.717, 1.165) is 15.6 Å². The Balaban J connectivity index is 1.55. The third-order valence-corrected chi connectivity index (χ3v) is 7.45. The van der Waals surface area contributed by atoms with Crippen molar-refractivity contribution in [2.75, 3.05) is 45.2 Å². The number of benzene rings is 2. The predicted molar refractivity (Wildman–Crippen MR) is 153 cm³/mol. The molecule has 0 atom stereocenters. The number of amides is 2. The number of nitrogens with zero attached hydrogens (tertiary/aromatic N) is 5. The van der Waals surface area contributed by atoms with E-state index in [-0.39, 0.29) is 24.9 Å². The average molecular weight is 552 g/mol. The number of methoxy groups -OCH3 is 1. The summed E-state index contributed by atoms with van der Waals surface area (Å²) in [6.07, 6.45) is 0. The lowest BCUT2D eigenvalue weighted by Crippen LogP contribution is -2.48. The Morgan fingerprint density at radius 2 is 1.79 bits per heavy atom. The maximum atomic E-state index is 13.6. The highest BCUT2D eigenvalue weighted by Gasteiger charge is 2.27. The van der Waals surface area contributed by atoms with E-state index in [4.69, 9.17) is 4.74 Å². The molecule has 2 aromatic carbocycles. The number of aryl methyl sites for hydroxylation is 1. The van der Waals surface area contributed by atoms with Gasteiger partial charge in [-0.05, 0) is 36.2 Å². The summed E-state index contributed by atoms with van der Waals surface area (Å²) in [7, 11) is 3.36. The number of hydrogen-bond donors (Lipinski definition) is 2. The minimum absolute atomic E-state index is 0.00353. The molecule has 1 aliphatic heterocycles. The Labute approximate surface area is 233 Å². The Hall–Kier alpha value is -3.54. The van der Waals surface area contributed by atoms with Crippen molar-refractivity contribution in [2.24, 2.45) is 0 Å². The van der Waals surface area contributed by atoms with Gasteiger partial charge in [0, 0.05) is 44.8 Å². The smallest absolute Gasteiger partial charge is 0.256 e. The molecule has 0 bridgehead atoms. The topological polar surface area (TPSA) is 103 Å². The largest absolute Gasteiger partial charge is 0.495 e. The maximum Gasteiger partial charge on any atom is 0.256 e. The van der Waals surface area contributed by atoms with Crippen LogP contribution in [-0.2, 0) is 22.7 Å². The van der Waals surface area contributed by atoms with Crippen LogP contribution in [0.2, 0.25) is 0 Å². The molecule has 0 aliphatic carbocycles.